The first kappa shape index (κ1) is 17.9. The van der Waals surface area contributed by atoms with Crippen LogP contribution < -0.4 is 0 Å². The number of aromatic nitrogens is 4. The zero-order valence-corrected chi connectivity index (χ0v) is 15.5. The number of carbonyl (C=O) groups is 1. The topological polar surface area (TPSA) is 83.8 Å². The van der Waals surface area contributed by atoms with E-state index in [4.69, 9.17) is 5.11 Å². The number of aromatic amines is 1. The van der Waals surface area contributed by atoms with Crippen LogP contribution in [0.25, 0.3) is 22.4 Å². The Balaban J connectivity index is 1.57. The lowest BCUT2D eigenvalue weighted by Crippen LogP contribution is -2.06. The summed E-state index contributed by atoms with van der Waals surface area (Å²) in [7, 11) is 0. The number of carboxylic acids is 1. The van der Waals surface area contributed by atoms with Gasteiger partial charge in [0.05, 0.1) is 29.7 Å². The summed E-state index contributed by atoms with van der Waals surface area (Å²) in [6, 6.07) is 12.3. The van der Waals surface area contributed by atoms with Gasteiger partial charge in [-0.05, 0) is 37.6 Å². The fourth-order valence-corrected chi connectivity index (χ4v) is 3.35. The molecule has 142 valence electrons. The zero-order valence-electron chi connectivity index (χ0n) is 15.5. The summed E-state index contributed by atoms with van der Waals surface area (Å²) in [5.41, 5.74) is 5.69. The zero-order chi connectivity index (χ0) is 19.8. The van der Waals surface area contributed by atoms with Crippen LogP contribution in [0.2, 0.25) is 0 Å². The van der Waals surface area contributed by atoms with Gasteiger partial charge >= 0.3 is 5.97 Å². The molecule has 2 aromatic carbocycles. The third kappa shape index (κ3) is 3.38. The molecule has 28 heavy (non-hydrogen) atoms. The predicted octanol–water partition coefficient (Wildman–Crippen LogP) is 3.86. The molecule has 0 aliphatic carbocycles. The van der Waals surface area contributed by atoms with E-state index in [9.17, 15) is 9.18 Å². The first-order valence-electron chi connectivity index (χ1n) is 8.90. The molecule has 0 fully saturated rings. The first-order chi connectivity index (χ1) is 13.4. The Morgan fingerprint density at radius 3 is 2.64 bits per heavy atom. The van der Waals surface area contributed by atoms with Crippen molar-refractivity contribution < 1.29 is 14.3 Å². The van der Waals surface area contributed by atoms with Gasteiger partial charge in [0.15, 0.2) is 0 Å². The molecule has 4 rings (SSSR count). The number of nitrogens with one attached hydrogen (secondary N) is 1. The number of rotatable bonds is 5. The minimum Gasteiger partial charge on any atom is -0.481 e. The molecule has 6 nitrogen and oxygen atoms in total. The van der Waals surface area contributed by atoms with Crippen LogP contribution in [-0.4, -0.2) is 30.8 Å². The Hall–Kier alpha value is -3.48. The van der Waals surface area contributed by atoms with Crippen molar-refractivity contribution in [3.63, 3.8) is 0 Å². The molecule has 4 aromatic rings. The van der Waals surface area contributed by atoms with Gasteiger partial charge in [-0.3, -0.25) is 9.48 Å². The lowest BCUT2D eigenvalue weighted by atomic mass is 10.1. The standard InChI is InChI=1S/C21H19FN4O2/c1-12-17(10-20(27)28)13(2)26(25-12)11-14-3-5-15(6-4-14)21-23-18-8-7-16(22)9-19(18)24-21/h3-9H,10-11H2,1-2H3,(H,23,24)(H,27,28). The minimum absolute atomic E-state index is 0.0246. The van der Waals surface area contributed by atoms with E-state index in [1.54, 1.807) is 6.07 Å². The molecule has 0 saturated carbocycles. The Kier molecular flexibility index (Phi) is 4.43. The van der Waals surface area contributed by atoms with E-state index in [1.165, 1.54) is 12.1 Å². The second-order valence-corrected chi connectivity index (χ2v) is 6.82. The van der Waals surface area contributed by atoms with Crippen LogP contribution >= 0.6 is 0 Å². The summed E-state index contributed by atoms with van der Waals surface area (Å²) in [4.78, 5) is 18.7. The number of aliphatic carboxylic acids is 1. The van der Waals surface area contributed by atoms with Crippen molar-refractivity contribution >= 4 is 17.0 Å². The monoisotopic (exact) mass is 378 g/mol. The molecular formula is C21H19FN4O2. The highest BCUT2D eigenvalue weighted by Crippen LogP contribution is 2.22. The summed E-state index contributed by atoms with van der Waals surface area (Å²) < 4.78 is 15.2. The maximum Gasteiger partial charge on any atom is 0.307 e. The third-order valence-electron chi connectivity index (χ3n) is 4.86. The molecule has 0 aliphatic heterocycles. The highest BCUT2D eigenvalue weighted by Gasteiger charge is 2.14. The van der Waals surface area contributed by atoms with Gasteiger partial charge in [-0.15, -0.1) is 0 Å². The molecule has 2 aromatic heterocycles. The van der Waals surface area contributed by atoms with Crippen molar-refractivity contribution in [3.8, 4) is 11.4 Å². The smallest absolute Gasteiger partial charge is 0.307 e. The summed E-state index contributed by atoms with van der Waals surface area (Å²) in [5, 5.41) is 13.5. The third-order valence-corrected chi connectivity index (χ3v) is 4.86. The van der Waals surface area contributed by atoms with E-state index in [0.717, 1.165) is 28.1 Å². The van der Waals surface area contributed by atoms with Crippen LogP contribution in [0.4, 0.5) is 4.39 Å². The van der Waals surface area contributed by atoms with Crippen molar-refractivity contribution in [3.05, 3.63) is 70.8 Å². The van der Waals surface area contributed by atoms with Crippen LogP contribution in [0.15, 0.2) is 42.5 Å². The lowest BCUT2D eigenvalue weighted by Gasteiger charge is -2.06. The van der Waals surface area contributed by atoms with Crippen LogP contribution in [0, 0.1) is 19.7 Å². The maximum atomic E-state index is 13.4. The van der Waals surface area contributed by atoms with Gasteiger partial charge in [-0.1, -0.05) is 24.3 Å². The highest BCUT2D eigenvalue weighted by atomic mass is 19.1. The van der Waals surface area contributed by atoms with Crippen LogP contribution in [0.5, 0.6) is 0 Å². The SMILES string of the molecule is Cc1nn(Cc2ccc(-c3nc4ccc(F)cc4[nH]3)cc2)c(C)c1CC(=O)O. The van der Waals surface area contributed by atoms with Crippen molar-refractivity contribution in [1.82, 2.24) is 19.7 Å². The van der Waals surface area contributed by atoms with Crippen molar-refractivity contribution in [2.24, 2.45) is 0 Å². The fraction of sp³-hybridized carbons (Fsp3) is 0.190. The number of halogens is 1. The van der Waals surface area contributed by atoms with Gasteiger partial charge in [-0.25, -0.2) is 9.37 Å². The predicted molar refractivity (Wildman–Crippen MR) is 104 cm³/mol. The molecule has 0 bridgehead atoms. The van der Waals surface area contributed by atoms with Crippen molar-refractivity contribution in [1.29, 1.82) is 0 Å². The molecule has 7 heteroatoms. The molecule has 0 saturated heterocycles. The number of benzene rings is 2. The molecule has 0 amide bonds. The van der Waals surface area contributed by atoms with E-state index in [2.05, 4.69) is 15.1 Å². The highest BCUT2D eigenvalue weighted by molar-refractivity contribution is 5.79. The van der Waals surface area contributed by atoms with Gasteiger partial charge in [0.25, 0.3) is 0 Å². The second kappa shape index (κ2) is 6.92. The molecule has 0 atom stereocenters. The number of H-pyrrole nitrogens is 1. The minimum atomic E-state index is -0.860. The second-order valence-electron chi connectivity index (χ2n) is 6.82. The van der Waals surface area contributed by atoms with Crippen LogP contribution in [0.3, 0.4) is 0 Å². The summed E-state index contributed by atoms with van der Waals surface area (Å²) in [6.45, 7) is 4.27. The molecule has 0 unspecified atom stereocenters. The average molecular weight is 378 g/mol. The summed E-state index contributed by atoms with van der Waals surface area (Å²) >= 11 is 0. The molecule has 0 spiro atoms. The fourth-order valence-electron chi connectivity index (χ4n) is 3.35. The molecule has 2 heterocycles. The lowest BCUT2D eigenvalue weighted by molar-refractivity contribution is -0.136. The molecular weight excluding hydrogens is 359 g/mol. The number of carboxylic acid groups (broad SMARTS) is 1. The van der Waals surface area contributed by atoms with Crippen molar-refractivity contribution in [2.45, 2.75) is 26.8 Å². The number of hydrogen-bond acceptors (Lipinski definition) is 3. The first-order valence-corrected chi connectivity index (χ1v) is 8.90. The number of hydrogen-bond donors (Lipinski definition) is 2. The Morgan fingerprint density at radius 2 is 1.93 bits per heavy atom. The van der Waals surface area contributed by atoms with Gasteiger partial charge in [0, 0.05) is 16.8 Å². The number of nitrogens with zero attached hydrogens (tertiary/aromatic N) is 3. The number of aryl methyl sites for hydroxylation is 1. The Morgan fingerprint density at radius 1 is 1.18 bits per heavy atom. The van der Waals surface area contributed by atoms with Crippen molar-refractivity contribution in [2.75, 3.05) is 0 Å². The van der Waals surface area contributed by atoms with Crippen LogP contribution in [0.1, 0.15) is 22.5 Å². The summed E-state index contributed by atoms with van der Waals surface area (Å²) in [6.07, 6.45) is -0.0246. The normalized spacial score (nSPS) is 11.2. The van der Waals surface area contributed by atoms with E-state index in [1.807, 2.05) is 42.8 Å². The Labute approximate surface area is 160 Å². The van der Waals surface area contributed by atoms with Crippen LogP contribution in [-0.2, 0) is 17.8 Å². The van der Waals surface area contributed by atoms with E-state index in [-0.39, 0.29) is 12.2 Å². The van der Waals surface area contributed by atoms with Gasteiger partial charge < -0.3 is 10.1 Å². The van der Waals surface area contributed by atoms with E-state index < -0.39 is 5.97 Å². The molecule has 0 aliphatic rings. The summed E-state index contributed by atoms with van der Waals surface area (Å²) in [5.74, 6) is -0.479. The molecule has 2 N–H and O–H groups in total. The largest absolute Gasteiger partial charge is 0.481 e. The Bertz CT molecular complexity index is 1180. The quantitative estimate of drug-likeness (QED) is 0.552. The number of imidazole rings is 1. The maximum absolute atomic E-state index is 13.4. The number of fused-ring (bicyclic) bond motifs is 1. The van der Waals surface area contributed by atoms with Gasteiger partial charge in [-0.2, -0.15) is 5.10 Å². The van der Waals surface area contributed by atoms with E-state index >= 15 is 0 Å². The van der Waals surface area contributed by atoms with Gasteiger partial charge in [0.2, 0.25) is 0 Å². The average Bonchev–Trinajstić information content (AvgIpc) is 3.18. The van der Waals surface area contributed by atoms with E-state index in [0.29, 0.717) is 23.4 Å². The molecule has 0 radical (unpaired) electrons. The van der Waals surface area contributed by atoms with Gasteiger partial charge in [0.1, 0.15) is 11.6 Å².